The van der Waals surface area contributed by atoms with Crippen molar-refractivity contribution in [1.29, 1.82) is 0 Å². The zero-order chi connectivity index (χ0) is 19.7. The van der Waals surface area contributed by atoms with E-state index >= 15 is 0 Å². The molecule has 0 aliphatic heterocycles. The van der Waals surface area contributed by atoms with Gasteiger partial charge < -0.3 is 5.32 Å². The van der Waals surface area contributed by atoms with Gasteiger partial charge in [-0.1, -0.05) is 97.6 Å². The van der Waals surface area contributed by atoms with E-state index in [9.17, 15) is 4.79 Å². The first-order chi connectivity index (χ1) is 13.8. The van der Waals surface area contributed by atoms with E-state index in [-0.39, 0.29) is 5.91 Å². The molecular formula is C25H26N2O. The molecule has 1 amide bonds. The van der Waals surface area contributed by atoms with Crippen molar-refractivity contribution in [3.63, 3.8) is 0 Å². The van der Waals surface area contributed by atoms with E-state index in [0.717, 1.165) is 13.0 Å². The van der Waals surface area contributed by atoms with Crippen molar-refractivity contribution in [2.45, 2.75) is 12.0 Å². The van der Waals surface area contributed by atoms with Crippen LogP contribution in [-0.2, 0) is 10.3 Å². The van der Waals surface area contributed by atoms with Gasteiger partial charge in [-0.25, -0.2) is 0 Å². The molecule has 0 aliphatic carbocycles. The Labute approximate surface area is 167 Å². The van der Waals surface area contributed by atoms with Gasteiger partial charge in [0.2, 0.25) is 5.91 Å². The second-order valence-electron chi connectivity index (χ2n) is 6.62. The van der Waals surface area contributed by atoms with E-state index in [1.807, 2.05) is 18.2 Å². The fraction of sp³-hybridized carbons (Fsp3) is 0.160. The van der Waals surface area contributed by atoms with Crippen LogP contribution in [0.3, 0.4) is 0 Å². The molecule has 0 saturated heterocycles. The number of benzene rings is 3. The standard InChI is InChI=1S/C25H26N2O/c1-2-24(28)26-19-12-20-27-25(21-13-6-3-7-14-21,22-15-8-4-9-16-22)23-17-10-5-11-18-23/h2-11,13-18,27H,1,12,19-20H2,(H,26,28). The third-order valence-electron chi connectivity index (χ3n) is 4.85. The first kappa shape index (κ1) is 19.6. The first-order valence-electron chi connectivity index (χ1n) is 9.59. The first-order valence-corrected chi connectivity index (χ1v) is 9.59. The van der Waals surface area contributed by atoms with Gasteiger partial charge in [0.1, 0.15) is 0 Å². The molecule has 3 aromatic carbocycles. The number of rotatable bonds is 9. The molecule has 3 aromatic rings. The van der Waals surface area contributed by atoms with Crippen molar-refractivity contribution in [3.05, 3.63) is 120 Å². The summed E-state index contributed by atoms with van der Waals surface area (Å²) in [6, 6.07) is 31.5. The number of amides is 1. The number of hydrogen-bond donors (Lipinski definition) is 2. The SMILES string of the molecule is C=CC(=O)NCCCNC(c1ccccc1)(c1ccccc1)c1ccccc1. The van der Waals surface area contributed by atoms with Gasteiger partial charge in [-0.15, -0.1) is 0 Å². The maximum atomic E-state index is 11.4. The molecule has 0 spiro atoms. The molecule has 0 heterocycles. The van der Waals surface area contributed by atoms with E-state index in [0.29, 0.717) is 6.54 Å². The summed E-state index contributed by atoms with van der Waals surface area (Å²) in [6.45, 7) is 4.84. The molecule has 3 rings (SSSR count). The Balaban J connectivity index is 1.97. The van der Waals surface area contributed by atoms with Crippen molar-refractivity contribution < 1.29 is 4.79 Å². The Hall–Kier alpha value is -3.17. The lowest BCUT2D eigenvalue weighted by Crippen LogP contribution is -2.45. The minimum atomic E-state index is -0.466. The largest absolute Gasteiger partial charge is 0.353 e. The summed E-state index contributed by atoms with van der Waals surface area (Å²) < 4.78 is 0. The fourth-order valence-corrected chi connectivity index (χ4v) is 3.52. The summed E-state index contributed by atoms with van der Waals surface area (Å²) in [5.41, 5.74) is 3.08. The van der Waals surface area contributed by atoms with Crippen LogP contribution in [0.4, 0.5) is 0 Å². The molecule has 3 nitrogen and oxygen atoms in total. The van der Waals surface area contributed by atoms with Crippen LogP contribution in [-0.4, -0.2) is 19.0 Å². The van der Waals surface area contributed by atoms with Crippen LogP contribution < -0.4 is 10.6 Å². The zero-order valence-electron chi connectivity index (χ0n) is 16.0. The Bertz CT molecular complexity index is 780. The lowest BCUT2D eigenvalue weighted by molar-refractivity contribution is -0.116. The van der Waals surface area contributed by atoms with Crippen LogP contribution in [0, 0.1) is 0 Å². The monoisotopic (exact) mass is 370 g/mol. The maximum absolute atomic E-state index is 11.4. The van der Waals surface area contributed by atoms with E-state index in [1.54, 1.807) is 0 Å². The summed E-state index contributed by atoms with van der Waals surface area (Å²) in [6.07, 6.45) is 2.11. The normalized spacial score (nSPS) is 11.0. The van der Waals surface area contributed by atoms with Crippen molar-refractivity contribution in [2.24, 2.45) is 0 Å². The summed E-state index contributed by atoms with van der Waals surface area (Å²) in [5, 5.41) is 6.64. The molecule has 0 fully saturated rings. The van der Waals surface area contributed by atoms with E-state index in [2.05, 4.69) is 90.0 Å². The molecule has 0 unspecified atom stereocenters. The van der Waals surface area contributed by atoms with Crippen molar-refractivity contribution in [3.8, 4) is 0 Å². The summed E-state index contributed by atoms with van der Waals surface area (Å²) in [4.78, 5) is 11.4. The Kier molecular flexibility index (Phi) is 6.77. The van der Waals surface area contributed by atoms with Crippen LogP contribution in [0.2, 0.25) is 0 Å². The highest BCUT2D eigenvalue weighted by molar-refractivity contribution is 5.86. The molecule has 0 bridgehead atoms. The third-order valence-corrected chi connectivity index (χ3v) is 4.85. The molecular weight excluding hydrogens is 344 g/mol. The van der Waals surface area contributed by atoms with E-state index < -0.39 is 5.54 Å². The summed E-state index contributed by atoms with van der Waals surface area (Å²) >= 11 is 0. The quantitative estimate of drug-likeness (QED) is 0.336. The van der Waals surface area contributed by atoms with Crippen LogP contribution in [0.5, 0.6) is 0 Å². The van der Waals surface area contributed by atoms with Gasteiger partial charge in [-0.2, -0.15) is 0 Å². The second kappa shape index (κ2) is 9.67. The van der Waals surface area contributed by atoms with Crippen molar-refractivity contribution in [1.82, 2.24) is 10.6 Å². The smallest absolute Gasteiger partial charge is 0.243 e. The predicted octanol–water partition coefficient (Wildman–Crippen LogP) is 4.26. The highest BCUT2D eigenvalue weighted by atomic mass is 16.1. The van der Waals surface area contributed by atoms with E-state index in [4.69, 9.17) is 0 Å². The van der Waals surface area contributed by atoms with Gasteiger partial charge in [0.15, 0.2) is 0 Å². The Morgan fingerprint density at radius 2 is 1.18 bits per heavy atom. The molecule has 142 valence electrons. The molecule has 3 heteroatoms. The molecule has 0 saturated carbocycles. The van der Waals surface area contributed by atoms with Gasteiger partial charge in [0.25, 0.3) is 0 Å². The number of hydrogen-bond acceptors (Lipinski definition) is 2. The molecule has 0 radical (unpaired) electrons. The Morgan fingerprint density at radius 1 is 0.750 bits per heavy atom. The number of carbonyl (C=O) groups excluding carboxylic acids is 1. The van der Waals surface area contributed by atoms with E-state index in [1.165, 1.54) is 22.8 Å². The van der Waals surface area contributed by atoms with Crippen LogP contribution >= 0.6 is 0 Å². The summed E-state index contributed by atoms with van der Waals surface area (Å²) in [7, 11) is 0. The molecule has 0 aromatic heterocycles. The average Bonchev–Trinajstić information content (AvgIpc) is 2.78. The van der Waals surface area contributed by atoms with Crippen molar-refractivity contribution >= 4 is 5.91 Å². The number of carbonyl (C=O) groups is 1. The molecule has 28 heavy (non-hydrogen) atoms. The highest BCUT2D eigenvalue weighted by Gasteiger charge is 2.35. The van der Waals surface area contributed by atoms with Gasteiger partial charge in [0, 0.05) is 6.54 Å². The second-order valence-corrected chi connectivity index (χ2v) is 6.62. The van der Waals surface area contributed by atoms with Gasteiger partial charge in [-0.3, -0.25) is 10.1 Å². The zero-order valence-corrected chi connectivity index (χ0v) is 16.0. The highest BCUT2D eigenvalue weighted by Crippen LogP contribution is 2.36. The molecule has 0 aliphatic rings. The Morgan fingerprint density at radius 3 is 1.57 bits per heavy atom. The van der Waals surface area contributed by atoms with Crippen LogP contribution in [0.15, 0.2) is 104 Å². The van der Waals surface area contributed by atoms with Crippen LogP contribution in [0.1, 0.15) is 23.1 Å². The topological polar surface area (TPSA) is 41.1 Å². The average molecular weight is 370 g/mol. The van der Waals surface area contributed by atoms with Gasteiger partial charge in [-0.05, 0) is 35.7 Å². The van der Waals surface area contributed by atoms with Gasteiger partial charge >= 0.3 is 0 Å². The number of nitrogens with one attached hydrogen (secondary N) is 2. The third kappa shape index (κ3) is 4.38. The van der Waals surface area contributed by atoms with Gasteiger partial charge in [0.05, 0.1) is 5.54 Å². The lowest BCUT2D eigenvalue weighted by Gasteiger charge is -2.37. The predicted molar refractivity (Wildman–Crippen MR) is 115 cm³/mol. The maximum Gasteiger partial charge on any atom is 0.243 e. The molecule has 2 N–H and O–H groups in total. The molecule has 0 atom stereocenters. The van der Waals surface area contributed by atoms with Crippen LogP contribution in [0.25, 0.3) is 0 Å². The lowest BCUT2D eigenvalue weighted by atomic mass is 9.77. The summed E-state index contributed by atoms with van der Waals surface area (Å²) in [5.74, 6) is -0.138. The fourth-order valence-electron chi connectivity index (χ4n) is 3.52. The van der Waals surface area contributed by atoms with Crippen molar-refractivity contribution in [2.75, 3.05) is 13.1 Å². The minimum Gasteiger partial charge on any atom is -0.353 e. The minimum absolute atomic E-state index is 0.138.